The number of nitrogens with two attached hydrogens (primary N) is 1. The molecule has 0 spiro atoms. The highest BCUT2D eigenvalue weighted by atomic mass is 19.1. The fourth-order valence-electron chi connectivity index (χ4n) is 2.19. The Morgan fingerprint density at radius 3 is 2.22 bits per heavy atom. The Labute approximate surface area is 156 Å². The fourth-order valence-corrected chi connectivity index (χ4v) is 2.19. The van der Waals surface area contributed by atoms with Crippen LogP contribution >= 0.6 is 0 Å². The summed E-state index contributed by atoms with van der Waals surface area (Å²) in [5.41, 5.74) is 6.86. The van der Waals surface area contributed by atoms with Crippen molar-refractivity contribution in [1.82, 2.24) is 4.98 Å². The van der Waals surface area contributed by atoms with Crippen molar-refractivity contribution in [3.63, 3.8) is 0 Å². The summed E-state index contributed by atoms with van der Waals surface area (Å²) >= 11 is 0. The highest BCUT2D eigenvalue weighted by molar-refractivity contribution is 5.91. The smallest absolute Gasteiger partial charge is 0.239 e. The average molecular weight is 369 g/mol. The highest BCUT2D eigenvalue weighted by Gasteiger charge is 2.05. The van der Waals surface area contributed by atoms with Gasteiger partial charge in [-0.1, -0.05) is 6.07 Å². The summed E-state index contributed by atoms with van der Waals surface area (Å²) in [5, 5.41) is 9.62. The number of nitrogens with one attached hydrogen (secondary N) is 1. The van der Waals surface area contributed by atoms with E-state index in [1.807, 2.05) is 18.2 Å². The lowest BCUT2D eigenvalue weighted by Gasteiger charge is -2.08. The topological polar surface area (TPSA) is 97.5 Å². The Balaban J connectivity index is 0.00000126. The van der Waals surface area contributed by atoms with Gasteiger partial charge in [-0.05, 0) is 60.7 Å². The van der Waals surface area contributed by atoms with Crippen LogP contribution in [-0.2, 0) is 4.79 Å². The summed E-state index contributed by atoms with van der Waals surface area (Å²) in [4.78, 5) is 15.7. The third-order valence-corrected chi connectivity index (χ3v) is 3.40. The molecule has 3 rings (SSSR count). The van der Waals surface area contributed by atoms with Crippen molar-refractivity contribution >= 4 is 11.7 Å². The molecule has 0 radical (unpaired) electrons. The predicted octanol–water partition coefficient (Wildman–Crippen LogP) is 3.19. The van der Waals surface area contributed by atoms with E-state index in [-0.39, 0.29) is 18.3 Å². The van der Waals surface area contributed by atoms with Crippen LogP contribution in [0, 0.1) is 5.82 Å². The van der Waals surface area contributed by atoms with E-state index in [0.717, 1.165) is 12.7 Å². The van der Waals surface area contributed by atoms with Crippen LogP contribution in [0.25, 0.3) is 11.3 Å². The number of aromatic nitrogens is 1. The van der Waals surface area contributed by atoms with Crippen molar-refractivity contribution < 1.29 is 19.0 Å². The summed E-state index contributed by atoms with van der Waals surface area (Å²) in [5.74, 6) is 1.02. The number of benzene rings is 2. The maximum Gasteiger partial charge on any atom is 0.239 e. The van der Waals surface area contributed by atoms with Crippen LogP contribution in [0.15, 0.2) is 66.7 Å². The molecule has 0 aliphatic heterocycles. The number of aliphatic hydroxyl groups is 1. The second kappa shape index (κ2) is 10.0. The zero-order valence-electron chi connectivity index (χ0n) is 14.7. The quantitative estimate of drug-likeness (QED) is 0.642. The number of aliphatic hydroxyl groups excluding tert-OH is 1. The summed E-state index contributed by atoms with van der Waals surface area (Å²) in [6.45, 7) is -0.0959. The Morgan fingerprint density at radius 2 is 1.63 bits per heavy atom. The normalized spacial score (nSPS) is 9.78. The Kier molecular flexibility index (Phi) is 7.42. The van der Waals surface area contributed by atoms with Crippen molar-refractivity contribution in [3.8, 4) is 22.8 Å². The van der Waals surface area contributed by atoms with E-state index in [1.165, 1.54) is 12.1 Å². The molecule has 1 heterocycles. The summed E-state index contributed by atoms with van der Waals surface area (Å²) in [6, 6.07) is 18.5. The van der Waals surface area contributed by atoms with E-state index in [9.17, 15) is 9.18 Å². The van der Waals surface area contributed by atoms with Crippen molar-refractivity contribution in [2.75, 3.05) is 19.0 Å². The third-order valence-electron chi connectivity index (χ3n) is 3.40. The minimum atomic E-state index is -0.310. The number of halogens is 1. The minimum absolute atomic E-state index is 0.0959. The van der Waals surface area contributed by atoms with Gasteiger partial charge in [-0.3, -0.25) is 4.79 Å². The van der Waals surface area contributed by atoms with Gasteiger partial charge in [0.05, 0.1) is 12.2 Å². The van der Waals surface area contributed by atoms with Crippen LogP contribution in [0.1, 0.15) is 0 Å². The second-order valence-electron chi connectivity index (χ2n) is 5.24. The maximum atomic E-state index is 12.9. The van der Waals surface area contributed by atoms with Crippen LogP contribution in [0.2, 0.25) is 0 Å². The first kappa shape index (κ1) is 20.0. The largest absolute Gasteiger partial charge is 0.457 e. The van der Waals surface area contributed by atoms with Gasteiger partial charge in [0.1, 0.15) is 23.1 Å². The van der Waals surface area contributed by atoms with Gasteiger partial charge >= 0.3 is 0 Å². The van der Waals surface area contributed by atoms with Crippen molar-refractivity contribution in [3.05, 3.63) is 72.5 Å². The molecule has 6 nitrogen and oxygen atoms in total. The summed E-state index contributed by atoms with van der Waals surface area (Å²) in [6.07, 6.45) is 0. The number of anilines is 1. The molecule has 140 valence electrons. The van der Waals surface area contributed by atoms with Gasteiger partial charge in [-0.15, -0.1) is 0 Å². The fraction of sp³-hybridized carbons (Fsp3) is 0.100. The van der Waals surface area contributed by atoms with Crippen LogP contribution in [0.4, 0.5) is 10.2 Å². The van der Waals surface area contributed by atoms with Gasteiger partial charge in [0.2, 0.25) is 5.91 Å². The molecule has 0 atom stereocenters. The molecule has 7 heteroatoms. The van der Waals surface area contributed by atoms with E-state index < -0.39 is 0 Å². The van der Waals surface area contributed by atoms with Gasteiger partial charge in [0.25, 0.3) is 0 Å². The molecule has 2 aromatic carbocycles. The number of pyridine rings is 1. The van der Waals surface area contributed by atoms with E-state index in [4.69, 9.17) is 15.6 Å². The molecule has 0 saturated carbocycles. The Hall–Kier alpha value is -3.29. The second-order valence-corrected chi connectivity index (χ2v) is 5.24. The zero-order chi connectivity index (χ0) is 19.6. The van der Waals surface area contributed by atoms with E-state index >= 15 is 0 Å². The lowest BCUT2D eigenvalue weighted by atomic mass is 10.1. The molecule has 4 N–H and O–H groups in total. The van der Waals surface area contributed by atoms with Gasteiger partial charge < -0.3 is 20.9 Å². The molecule has 1 amide bonds. The van der Waals surface area contributed by atoms with Gasteiger partial charge in [-0.25, -0.2) is 9.37 Å². The van der Waals surface area contributed by atoms with E-state index in [1.54, 1.807) is 36.4 Å². The first-order valence-corrected chi connectivity index (χ1v) is 8.09. The molecule has 0 unspecified atom stereocenters. The predicted molar refractivity (Wildman–Crippen MR) is 102 cm³/mol. The van der Waals surface area contributed by atoms with Gasteiger partial charge in [0.15, 0.2) is 0 Å². The van der Waals surface area contributed by atoms with Gasteiger partial charge in [-0.2, -0.15) is 0 Å². The van der Waals surface area contributed by atoms with E-state index in [0.29, 0.717) is 23.0 Å². The average Bonchev–Trinajstić information content (AvgIpc) is 2.72. The molecule has 1 aromatic heterocycles. The van der Waals surface area contributed by atoms with Crippen LogP contribution in [-0.4, -0.2) is 29.7 Å². The molecular weight excluding hydrogens is 349 g/mol. The van der Waals surface area contributed by atoms with E-state index in [2.05, 4.69) is 10.3 Å². The number of amides is 1. The lowest BCUT2D eigenvalue weighted by molar-refractivity contribution is -0.114. The standard InChI is InChI=1S/C19H16FN3O2.CH4O/c20-14-6-10-16(11-7-14)25-15-8-4-13(5-9-15)17-2-1-3-18(22-17)23-19(24)12-21;1-2/h1-11H,12,21H2,(H,22,23,24);2H,1H3. The van der Waals surface area contributed by atoms with Crippen LogP contribution in [0.3, 0.4) is 0 Å². The monoisotopic (exact) mass is 369 g/mol. The molecule has 0 aliphatic rings. The van der Waals surface area contributed by atoms with Gasteiger partial charge in [0, 0.05) is 12.7 Å². The van der Waals surface area contributed by atoms with Crippen molar-refractivity contribution in [2.45, 2.75) is 0 Å². The maximum absolute atomic E-state index is 12.9. The molecule has 0 bridgehead atoms. The summed E-state index contributed by atoms with van der Waals surface area (Å²) < 4.78 is 18.6. The van der Waals surface area contributed by atoms with Crippen molar-refractivity contribution in [2.24, 2.45) is 5.73 Å². The van der Waals surface area contributed by atoms with Crippen LogP contribution < -0.4 is 15.8 Å². The number of ether oxygens (including phenoxy) is 1. The Bertz CT molecular complexity index is 868. The molecule has 0 aliphatic carbocycles. The molecule has 3 aromatic rings. The van der Waals surface area contributed by atoms with Crippen molar-refractivity contribution in [1.29, 1.82) is 0 Å². The molecule has 0 saturated heterocycles. The minimum Gasteiger partial charge on any atom is -0.457 e. The first-order valence-electron chi connectivity index (χ1n) is 8.09. The number of carbonyl (C=O) groups excluding carboxylic acids is 1. The number of carbonyl (C=O) groups is 1. The first-order chi connectivity index (χ1) is 13.1. The number of rotatable bonds is 5. The number of hydrogen-bond donors (Lipinski definition) is 3. The third kappa shape index (κ3) is 5.88. The molecule has 0 fully saturated rings. The number of hydrogen-bond acceptors (Lipinski definition) is 5. The highest BCUT2D eigenvalue weighted by Crippen LogP contribution is 2.25. The van der Waals surface area contributed by atoms with Crippen LogP contribution in [0.5, 0.6) is 11.5 Å². The zero-order valence-corrected chi connectivity index (χ0v) is 14.7. The Morgan fingerprint density at radius 1 is 1.04 bits per heavy atom. The molecule has 27 heavy (non-hydrogen) atoms. The molecular formula is C20H20FN3O3. The lowest BCUT2D eigenvalue weighted by Crippen LogP contribution is -2.22. The SMILES string of the molecule is CO.NCC(=O)Nc1cccc(-c2ccc(Oc3ccc(F)cc3)cc2)n1. The number of nitrogens with zero attached hydrogens (tertiary/aromatic N) is 1. The summed E-state index contributed by atoms with van der Waals surface area (Å²) in [7, 11) is 1.00.